The van der Waals surface area contributed by atoms with Crippen molar-refractivity contribution in [1.29, 1.82) is 0 Å². The van der Waals surface area contributed by atoms with Gasteiger partial charge in [-0.1, -0.05) is 80.4 Å². The van der Waals surface area contributed by atoms with E-state index in [1.807, 2.05) is 0 Å². The molecule has 0 aliphatic rings. The first kappa shape index (κ1) is 28.8. The summed E-state index contributed by atoms with van der Waals surface area (Å²) in [5, 5.41) is 0. The van der Waals surface area contributed by atoms with Gasteiger partial charge in [0.05, 0.1) is 0 Å². The summed E-state index contributed by atoms with van der Waals surface area (Å²) in [5.74, 6) is 0. The van der Waals surface area contributed by atoms with Crippen LogP contribution in [-0.2, 0) is 30.2 Å². The predicted octanol–water partition coefficient (Wildman–Crippen LogP) is 1.74. The number of hydrogen-bond acceptors (Lipinski definition) is 6. The zero-order valence-electron chi connectivity index (χ0n) is 14.2. The van der Waals surface area contributed by atoms with Gasteiger partial charge in [0, 0.05) is 0 Å². The van der Waals surface area contributed by atoms with Crippen LogP contribution in [0, 0.1) is 0 Å². The fourth-order valence-corrected chi connectivity index (χ4v) is 3.04. The second-order valence-corrected chi connectivity index (χ2v) is 8.84. The molecular formula is C14H30MoO6P2. The normalized spacial score (nSPS) is 11.4. The molecule has 0 aliphatic heterocycles. The number of hydrogen-bond donors (Lipinski definition) is 0. The first-order valence-electron chi connectivity index (χ1n) is 8.14. The molecule has 0 amide bonds. The molecule has 0 bridgehead atoms. The van der Waals surface area contributed by atoms with Crippen molar-refractivity contribution in [2.45, 2.75) is 78.1 Å². The number of unbranched alkanes of at least 4 members (excludes halogenated alkanes) is 8. The maximum Gasteiger partial charge on any atom is 4.00 e. The van der Waals surface area contributed by atoms with E-state index in [1.165, 1.54) is 0 Å². The summed E-state index contributed by atoms with van der Waals surface area (Å²) in [6, 6.07) is 0. The average molecular weight is 452 g/mol. The van der Waals surface area contributed by atoms with Crippen LogP contribution in [0.25, 0.3) is 0 Å². The van der Waals surface area contributed by atoms with Crippen molar-refractivity contribution >= 4 is 15.2 Å². The van der Waals surface area contributed by atoms with Gasteiger partial charge in [-0.05, 0) is 25.2 Å². The van der Waals surface area contributed by atoms with Crippen molar-refractivity contribution < 1.29 is 49.8 Å². The Morgan fingerprint density at radius 1 is 0.565 bits per heavy atom. The summed E-state index contributed by atoms with van der Waals surface area (Å²) < 4.78 is 20.3. The van der Waals surface area contributed by atoms with E-state index in [9.17, 15) is 28.7 Å². The maximum atomic E-state index is 10.1. The van der Waals surface area contributed by atoms with Crippen molar-refractivity contribution in [3.8, 4) is 0 Å². The van der Waals surface area contributed by atoms with Crippen LogP contribution in [0.4, 0.5) is 0 Å². The first-order chi connectivity index (χ1) is 10.1. The van der Waals surface area contributed by atoms with E-state index in [0.29, 0.717) is 12.8 Å². The molecule has 0 heterocycles. The van der Waals surface area contributed by atoms with Gasteiger partial charge in [0.2, 0.25) is 0 Å². The summed E-state index contributed by atoms with van der Waals surface area (Å²) in [4.78, 5) is 40.5. The molecule has 0 saturated carbocycles. The first-order valence-corrected chi connectivity index (χ1v) is 11.6. The largest absolute Gasteiger partial charge is 4.00 e. The van der Waals surface area contributed by atoms with E-state index in [4.69, 9.17) is 0 Å². The Labute approximate surface area is 155 Å². The van der Waals surface area contributed by atoms with Gasteiger partial charge in [-0.15, -0.1) is 0 Å². The molecule has 9 heteroatoms. The van der Waals surface area contributed by atoms with Crippen LogP contribution in [0.15, 0.2) is 0 Å². The molecule has 0 aromatic carbocycles. The van der Waals surface area contributed by atoms with Crippen LogP contribution in [-0.4, -0.2) is 12.3 Å². The minimum atomic E-state index is -4.21. The molecule has 138 valence electrons. The monoisotopic (exact) mass is 454 g/mol. The molecule has 0 atom stereocenters. The van der Waals surface area contributed by atoms with Gasteiger partial charge in [0.1, 0.15) is 0 Å². The van der Waals surface area contributed by atoms with Crippen LogP contribution < -0.4 is 19.6 Å². The second-order valence-electron chi connectivity index (χ2n) is 5.50. The maximum absolute atomic E-state index is 10.1. The predicted molar refractivity (Wildman–Crippen MR) is 82.5 cm³/mol. The summed E-state index contributed by atoms with van der Waals surface area (Å²) in [7, 11) is -8.43. The molecule has 0 rings (SSSR count). The Kier molecular flexibility index (Phi) is 22.3. The Hall–Kier alpha value is 0.988. The quantitative estimate of drug-likeness (QED) is 0.252. The summed E-state index contributed by atoms with van der Waals surface area (Å²) in [6.45, 7) is 4.18. The van der Waals surface area contributed by atoms with E-state index >= 15 is 0 Å². The Bertz CT molecular complexity index is 297. The van der Waals surface area contributed by atoms with Crippen molar-refractivity contribution in [1.82, 2.24) is 0 Å². The summed E-state index contributed by atoms with van der Waals surface area (Å²) in [5.41, 5.74) is 0. The molecule has 0 fully saturated rings. The Balaban J connectivity index is -0.000000333. The molecule has 0 aromatic rings. The fourth-order valence-electron chi connectivity index (χ4n) is 1.82. The molecule has 0 saturated heterocycles. The van der Waals surface area contributed by atoms with Crippen molar-refractivity contribution in [3.63, 3.8) is 0 Å². The summed E-state index contributed by atoms with van der Waals surface area (Å²) >= 11 is 0. The van der Waals surface area contributed by atoms with Gasteiger partial charge >= 0.3 is 21.1 Å². The minimum Gasteiger partial charge on any atom is -0.811 e. The van der Waals surface area contributed by atoms with Gasteiger partial charge < -0.3 is 28.7 Å². The van der Waals surface area contributed by atoms with Crippen LogP contribution in [0.2, 0.25) is 0 Å². The van der Waals surface area contributed by atoms with Gasteiger partial charge in [-0.2, -0.15) is 0 Å². The Morgan fingerprint density at radius 3 is 1.04 bits per heavy atom. The van der Waals surface area contributed by atoms with E-state index in [0.717, 1.165) is 51.4 Å². The van der Waals surface area contributed by atoms with Crippen molar-refractivity contribution in [2.24, 2.45) is 0 Å². The zero-order chi connectivity index (χ0) is 17.5. The third-order valence-corrected chi connectivity index (χ3v) is 4.80. The third-order valence-electron chi connectivity index (χ3n) is 3.07. The van der Waals surface area contributed by atoms with E-state index in [1.54, 1.807) is 0 Å². The van der Waals surface area contributed by atoms with E-state index in [-0.39, 0.29) is 33.4 Å². The molecular weight excluding hydrogens is 422 g/mol. The zero-order valence-corrected chi connectivity index (χ0v) is 18.0. The van der Waals surface area contributed by atoms with E-state index in [2.05, 4.69) is 13.8 Å². The van der Waals surface area contributed by atoms with Crippen LogP contribution >= 0.6 is 15.2 Å². The molecule has 0 N–H and O–H groups in total. The van der Waals surface area contributed by atoms with Crippen LogP contribution in [0.5, 0.6) is 0 Å². The SMILES string of the molecule is CCCCCCCP(=O)([O-])[O-].CCCCCCCP(=O)([O-])[O-].[Mo+4]. The van der Waals surface area contributed by atoms with Gasteiger partial charge in [0.25, 0.3) is 0 Å². The third kappa shape index (κ3) is 35.1. The topological polar surface area (TPSA) is 126 Å². The minimum absolute atomic E-state index is 0. The number of rotatable bonds is 12. The fraction of sp³-hybridized carbons (Fsp3) is 1.00. The van der Waals surface area contributed by atoms with Crippen molar-refractivity contribution in [2.75, 3.05) is 12.3 Å². The van der Waals surface area contributed by atoms with Crippen molar-refractivity contribution in [3.05, 3.63) is 0 Å². The standard InChI is InChI=1S/2C7H17O3P.Mo/c2*1-2-3-4-5-6-7-11(8,9)10;/h2*2-7H2,1H3,(H2,8,9,10);/q;;+4/p-4. The van der Waals surface area contributed by atoms with E-state index < -0.39 is 15.2 Å². The summed E-state index contributed by atoms with van der Waals surface area (Å²) in [6.07, 6.45) is 9.04. The molecule has 0 radical (unpaired) electrons. The average Bonchev–Trinajstić information content (AvgIpc) is 2.36. The molecule has 0 aliphatic carbocycles. The second kappa shape index (κ2) is 17.8. The van der Waals surface area contributed by atoms with Gasteiger partial charge in [0.15, 0.2) is 0 Å². The molecule has 6 nitrogen and oxygen atoms in total. The van der Waals surface area contributed by atoms with Gasteiger partial charge in [-0.25, -0.2) is 0 Å². The van der Waals surface area contributed by atoms with Crippen LogP contribution in [0.3, 0.4) is 0 Å². The van der Waals surface area contributed by atoms with Gasteiger partial charge in [-0.3, -0.25) is 0 Å². The molecule has 23 heavy (non-hydrogen) atoms. The smallest absolute Gasteiger partial charge is 0.811 e. The molecule has 0 unspecified atom stereocenters. The molecule has 0 spiro atoms. The van der Waals surface area contributed by atoms with Crippen LogP contribution in [0.1, 0.15) is 78.1 Å². The molecule has 0 aromatic heterocycles. The Morgan fingerprint density at radius 2 is 0.826 bits per heavy atom.